The Kier molecular flexibility index (Phi) is 4.82. The lowest BCUT2D eigenvalue weighted by Crippen LogP contribution is -1.96. The Balaban J connectivity index is 2.36. The lowest BCUT2D eigenvalue weighted by Gasteiger charge is -2.12. The summed E-state index contributed by atoms with van der Waals surface area (Å²) in [6, 6.07) is 11.7. The van der Waals surface area contributed by atoms with Gasteiger partial charge in [-0.1, -0.05) is 12.1 Å². The zero-order valence-electron chi connectivity index (χ0n) is 12.7. The van der Waals surface area contributed by atoms with E-state index in [1.54, 1.807) is 27.5 Å². The molecule has 2 aromatic rings. The summed E-state index contributed by atoms with van der Waals surface area (Å²) in [4.78, 5) is 4.47. The van der Waals surface area contributed by atoms with Gasteiger partial charge in [0.05, 0.1) is 27.0 Å². The lowest BCUT2D eigenvalue weighted by atomic mass is 10.2. The van der Waals surface area contributed by atoms with Crippen LogP contribution in [-0.2, 0) is 0 Å². The van der Waals surface area contributed by atoms with Gasteiger partial charge < -0.3 is 14.2 Å². The molecule has 0 saturated heterocycles. The van der Waals surface area contributed by atoms with Gasteiger partial charge in [0.25, 0.3) is 0 Å². The molecule has 0 amide bonds. The van der Waals surface area contributed by atoms with Gasteiger partial charge >= 0.3 is 0 Å². The van der Waals surface area contributed by atoms with E-state index in [0.29, 0.717) is 17.2 Å². The van der Waals surface area contributed by atoms with E-state index >= 15 is 0 Å². The topological polar surface area (TPSA) is 40.0 Å². The number of hydrogen-bond acceptors (Lipinski definition) is 4. The number of benzene rings is 2. The maximum Gasteiger partial charge on any atom is 0.203 e. The Hall–Kier alpha value is -2.49. The highest BCUT2D eigenvalue weighted by atomic mass is 16.5. The predicted molar refractivity (Wildman–Crippen MR) is 84.5 cm³/mol. The Morgan fingerprint density at radius 2 is 1.57 bits per heavy atom. The molecule has 21 heavy (non-hydrogen) atoms. The molecule has 0 saturated carbocycles. The maximum absolute atomic E-state index is 5.32. The van der Waals surface area contributed by atoms with Crippen LogP contribution >= 0.6 is 0 Å². The largest absolute Gasteiger partial charge is 0.493 e. The molecule has 0 heterocycles. The number of aliphatic imine (C=N–C) groups is 1. The van der Waals surface area contributed by atoms with Gasteiger partial charge in [-0.15, -0.1) is 0 Å². The first kappa shape index (κ1) is 14.9. The third-order valence-corrected chi connectivity index (χ3v) is 3.05. The zero-order chi connectivity index (χ0) is 15.2. The van der Waals surface area contributed by atoms with Crippen LogP contribution in [0.5, 0.6) is 17.2 Å². The highest BCUT2D eigenvalue weighted by molar-refractivity contribution is 5.84. The predicted octanol–water partition coefficient (Wildman–Crippen LogP) is 3.77. The van der Waals surface area contributed by atoms with Crippen molar-refractivity contribution in [3.63, 3.8) is 0 Å². The van der Waals surface area contributed by atoms with Crippen molar-refractivity contribution >= 4 is 11.9 Å². The summed E-state index contributed by atoms with van der Waals surface area (Å²) < 4.78 is 15.9. The van der Waals surface area contributed by atoms with Crippen LogP contribution in [0.2, 0.25) is 0 Å². The first-order chi connectivity index (χ1) is 10.2. The summed E-state index contributed by atoms with van der Waals surface area (Å²) in [5.74, 6) is 1.80. The summed E-state index contributed by atoms with van der Waals surface area (Å²) in [5, 5.41) is 0. The van der Waals surface area contributed by atoms with Crippen molar-refractivity contribution in [1.29, 1.82) is 0 Å². The maximum atomic E-state index is 5.32. The molecule has 2 rings (SSSR count). The van der Waals surface area contributed by atoms with Crippen molar-refractivity contribution in [3.05, 3.63) is 47.5 Å². The fraction of sp³-hybridized carbons (Fsp3) is 0.235. The van der Waals surface area contributed by atoms with Crippen molar-refractivity contribution in [1.82, 2.24) is 0 Å². The van der Waals surface area contributed by atoms with E-state index in [0.717, 1.165) is 11.3 Å². The fourth-order valence-corrected chi connectivity index (χ4v) is 2.03. The van der Waals surface area contributed by atoms with E-state index in [-0.39, 0.29) is 0 Å². The molecule has 0 unspecified atom stereocenters. The fourth-order valence-electron chi connectivity index (χ4n) is 2.03. The minimum Gasteiger partial charge on any atom is -0.493 e. The van der Waals surface area contributed by atoms with Crippen LogP contribution < -0.4 is 14.2 Å². The first-order valence-corrected chi connectivity index (χ1v) is 6.58. The van der Waals surface area contributed by atoms with Crippen LogP contribution in [0.15, 0.2) is 41.4 Å². The average molecular weight is 285 g/mol. The van der Waals surface area contributed by atoms with Crippen LogP contribution in [0.3, 0.4) is 0 Å². The second kappa shape index (κ2) is 6.79. The van der Waals surface area contributed by atoms with Crippen molar-refractivity contribution in [2.24, 2.45) is 4.99 Å². The van der Waals surface area contributed by atoms with Gasteiger partial charge in [-0.05, 0) is 36.8 Å². The minimum absolute atomic E-state index is 0.577. The SMILES string of the molecule is COc1cc(C=Nc2cccc(C)c2)cc(OC)c1OC. The van der Waals surface area contributed by atoms with Crippen molar-refractivity contribution in [2.75, 3.05) is 21.3 Å². The lowest BCUT2D eigenvalue weighted by molar-refractivity contribution is 0.324. The molecule has 0 radical (unpaired) electrons. The highest BCUT2D eigenvalue weighted by Crippen LogP contribution is 2.37. The van der Waals surface area contributed by atoms with Crippen LogP contribution in [0.25, 0.3) is 0 Å². The average Bonchev–Trinajstić information content (AvgIpc) is 2.51. The highest BCUT2D eigenvalue weighted by Gasteiger charge is 2.12. The van der Waals surface area contributed by atoms with E-state index in [1.165, 1.54) is 5.56 Å². The molecule has 0 spiro atoms. The van der Waals surface area contributed by atoms with E-state index in [2.05, 4.69) is 4.99 Å². The number of aryl methyl sites for hydroxylation is 1. The Morgan fingerprint density at radius 1 is 0.905 bits per heavy atom. The molecular formula is C17H19NO3. The summed E-state index contributed by atoms with van der Waals surface area (Å²) in [6.45, 7) is 2.04. The van der Waals surface area contributed by atoms with E-state index in [4.69, 9.17) is 14.2 Å². The zero-order valence-corrected chi connectivity index (χ0v) is 12.7. The van der Waals surface area contributed by atoms with Crippen LogP contribution in [0, 0.1) is 6.92 Å². The molecule has 0 N–H and O–H groups in total. The molecule has 4 heteroatoms. The minimum atomic E-state index is 0.577. The molecular weight excluding hydrogens is 266 g/mol. The van der Waals surface area contributed by atoms with Gasteiger partial charge in [-0.2, -0.15) is 0 Å². The quantitative estimate of drug-likeness (QED) is 0.785. The van der Waals surface area contributed by atoms with Crippen molar-refractivity contribution in [3.8, 4) is 17.2 Å². The molecule has 0 atom stereocenters. The van der Waals surface area contributed by atoms with Crippen LogP contribution in [-0.4, -0.2) is 27.5 Å². The third-order valence-electron chi connectivity index (χ3n) is 3.05. The number of nitrogens with zero attached hydrogens (tertiary/aromatic N) is 1. The Labute approximate surface area is 125 Å². The van der Waals surface area contributed by atoms with Crippen LogP contribution in [0.1, 0.15) is 11.1 Å². The third kappa shape index (κ3) is 3.54. The second-order valence-corrected chi connectivity index (χ2v) is 4.56. The van der Waals surface area contributed by atoms with Crippen LogP contribution in [0.4, 0.5) is 5.69 Å². The molecule has 0 aliphatic rings. The molecule has 0 aromatic heterocycles. The van der Waals surface area contributed by atoms with Gasteiger partial charge in [0.15, 0.2) is 11.5 Å². The van der Waals surface area contributed by atoms with Gasteiger partial charge in [0, 0.05) is 11.8 Å². The Bertz CT molecular complexity index is 625. The summed E-state index contributed by atoms with van der Waals surface area (Å²) >= 11 is 0. The number of rotatable bonds is 5. The van der Waals surface area contributed by atoms with Crippen molar-refractivity contribution < 1.29 is 14.2 Å². The molecule has 0 aliphatic heterocycles. The van der Waals surface area contributed by atoms with Gasteiger partial charge in [0.1, 0.15) is 0 Å². The Morgan fingerprint density at radius 3 is 2.10 bits per heavy atom. The number of methoxy groups -OCH3 is 3. The molecule has 2 aromatic carbocycles. The number of ether oxygens (including phenoxy) is 3. The van der Waals surface area contributed by atoms with E-state index in [9.17, 15) is 0 Å². The van der Waals surface area contributed by atoms with Gasteiger partial charge in [-0.3, -0.25) is 4.99 Å². The van der Waals surface area contributed by atoms with E-state index in [1.807, 2.05) is 43.3 Å². The smallest absolute Gasteiger partial charge is 0.203 e. The van der Waals surface area contributed by atoms with Gasteiger partial charge in [-0.25, -0.2) is 0 Å². The van der Waals surface area contributed by atoms with Gasteiger partial charge in [0.2, 0.25) is 5.75 Å². The molecule has 0 fully saturated rings. The second-order valence-electron chi connectivity index (χ2n) is 4.56. The summed E-state index contributed by atoms with van der Waals surface area (Å²) in [6.07, 6.45) is 1.78. The normalized spacial score (nSPS) is 10.7. The standard InChI is InChI=1S/C17H19NO3/c1-12-6-5-7-14(8-12)18-11-13-9-15(19-2)17(21-4)16(10-13)20-3/h5-11H,1-4H3. The van der Waals surface area contributed by atoms with Crippen molar-refractivity contribution in [2.45, 2.75) is 6.92 Å². The molecule has 110 valence electrons. The molecule has 4 nitrogen and oxygen atoms in total. The monoisotopic (exact) mass is 285 g/mol. The summed E-state index contributed by atoms with van der Waals surface area (Å²) in [5.41, 5.74) is 2.96. The summed E-state index contributed by atoms with van der Waals surface area (Å²) in [7, 11) is 4.78. The first-order valence-electron chi connectivity index (χ1n) is 6.58. The van der Waals surface area contributed by atoms with E-state index < -0.39 is 0 Å². The molecule has 0 bridgehead atoms. The molecule has 0 aliphatic carbocycles. The number of hydrogen-bond donors (Lipinski definition) is 0.